The van der Waals surface area contributed by atoms with Crippen LogP contribution in [0.4, 0.5) is 36.4 Å². The fourth-order valence-corrected chi connectivity index (χ4v) is 3.07. The molecule has 0 saturated heterocycles. The maximum Gasteiger partial charge on any atom is 0.416 e. The van der Waals surface area contributed by atoms with Crippen LogP contribution in [0.5, 0.6) is 11.5 Å². The summed E-state index contributed by atoms with van der Waals surface area (Å²) in [5.74, 6) is -11.0. The lowest BCUT2D eigenvalue weighted by Crippen LogP contribution is -2.39. The zero-order chi connectivity index (χ0) is 26.1. The van der Waals surface area contributed by atoms with Crippen molar-refractivity contribution in [1.29, 1.82) is 0 Å². The summed E-state index contributed by atoms with van der Waals surface area (Å²) < 4.78 is 115. The predicted molar refractivity (Wildman–Crippen MR) is 102 cm³/mol. The van der Waals surface area contributed by atoms with E-state index in [0.717, 1.165) is 19.1 Å². The number of halogens is 7. The summed E-state index contributed by atoms with van der Waals surface area (Å²) in [5.41, 5.74) is -3.23. The fraction of sp³-hybridized carbons (Fsp3) is 0.238. The first-order valence-electron chi connectivity index (χ1n) is 9.37. The first-order chi connectivity index (χ1) is 16.4. The molecule has 0 radical (unpaired) electrons. The number of nitrogens with zero attached hydrogens (tertiary/aromatic N) is 1. The average Bonchev–Trinajstić information content (AvgIpc) is 2.80. The minimum absolute atomic E-state index is 0.0695. The highest BCUT2D eigenvalue weighted by atomic mass is 19.4. The molecule has 0 N–H and O–H groups in total. The molecule has 0 amide bonds. The minimum Gasteiger partial charge on any atom is -0.466 e. The highest BCUT2D eigenvalue weighted by molar-refractivity contribution is 6.03. The van der Waals surface area contributed by atoms with E-state index in [-0.39, 0.29) is 23.8 Å². The molecule has 2 aromatic carbocycles. The second kappa shape index (κ2) is 9.82. The Morgan fingerprint density at radius 1 is 0.886 bits per heavy atom. The van der Waals surface area contributed by atoms with Crippen LogP contribution in [-0.4, -0.2) is 39.5 Å². The van der Waals surface area contributed by atoms with E-state index >= 15 is 0 Å². The lowest BCUT2D eigenvalue weighted by atomic mass is 10.1. The molecule has 0 aliphatic carbocycles. The van der Waals surface area contributed by atoms with Gasteiger partial charge in [0.15, 0.2) is 29.0 Å². The van der Waals surface area contributed by atoms with E-state index < -0.39 is 83.2 Å². The average molecular weight is 509 g/mol. The monoisotopic (exact) mass is 509 g/mol. The van der Waals surface area contributed by atoms with E-state index in [1.54, 1.807) is 0 Å². The molecule has 3 rings (SSSR count). The molecule has 1 aliphatic rings. The molecule has 0 fully saturated rings. The molecule has 1 heterocycles. The van der Waals surface area contributed by atoms with Crippen molar-refractivity contribution in [2.24, 2.45) is 0 Å². The molecule has 0 unspecified atom stereocenters. The third-order valence-electron chi connectivity index (χ3n) is 4.66. The molecule has 188 valence electrons. The number of hydrogen-bond acceptors (Lipinski definition) is 7. The molecular formula is C21H14F7NO6. The van der Waals surface area contributed by atoms with E-state index in [1.165, 1.54) is 0 Å². The number of hydrogen-bond donors (Lipinski definition) is 0. The summed E-state index contributed by atoms with van der Waals surface area (Å²) in [6.07, 6.45) is -5.07. The third-order valence-corrected chi connectivity index (χ3v) is 4.66. The van der Waals surface area contributed by atoms with Crippen molar-refractivity contribution in [2.45, 2.75) is 6.18 Å². The van der Waals surface area contributed by atoms with E-state index in [1.807, 2.05) is 0 Å². The van der Waals surface area contributed by atoms with Crippen molar-refractivity contribution in [2.75, 3.05) is 32.5 Å². The lowest BCUT2D eigenvalue weighted by Gasteiger charge is -2.31. The van der Waals surface area contributed by atoms with Crippen molar-refractivity contribution in [3.8, 4) is 11.5 Å². The number of methoxy groups -OCH3 is 2. The maximum absolute atomic E-state index is 14.7. The summed E-state index contributed by atoms with van der Waals surface area (Å²) in [7, 11) is 1.96. The van der Waals surface area contributed by atoms with Crippen LogP contribution in [0.1, 0.15) is 5.56 Å². The highest BCUT2D eigenvalue weighted by Crippen LogP contribution is 2.38. The van der Waals surface area contributed by atoms with Crippen LogP contribution in [0.3, 0.4) is 0 Å². The Balaban J connectivity index is 2.10. The van der Waals surface area contributed by atoms with Gasteiger partial charge in [-0.1, -0.05) is 0 Å². The molecule has 0 aromatic heterocycles. The van der Waals surface area contributed by atoms with E-state index in [2.05, 4.69) is 9.47 Å². The second-order valence-electron chi connectivity index (χ2n) is 6.82. The van der Waals surface area contributed by atoms with Crippen molar-refractivity contribution < 1.29 is 59.3 Å². The Morgan fingerprint density at radius 3 is 2.03 bits per heavy atom. The van der Waals surface area contributed by atoms with Gasteiger partial charge in [-0.25, -0.2) is 27.2 Å². The Bertz CT molecular complexity index is 1190. The van der Waals surface area contributed by atoms with Gasteiger partial charge in [-0.2, -0.15) is 13.2 Å². The van der Waals surface area contributed by atoms with Crippen molar-refractivity contribution in [1.82, 2.24) is 0 Å². The van der Waals surface area contributed by atoms with E-state index in [4.69, 9.17) is 9.47 Å². The topological polar surface area (TPSA) is 74.3 Å². The molecular weight excluding hydrogens is 495 g/mol. The number of carbonyl (C=O) groups excluding carboxylic acids is 2. The maximum atomic E-state index is 14.7. The summed E-state index contributed by atoms with van der Waals surface area (Å²) in [5, 5.41) is 0. The van der Waals surface area contributed by atoms with Gasteiger partial charge in [0.2, 0.25) is 0 Å². The number of esters is 2. The number of ether oxygens (including phenoxy) is 4. The molecule has 7 nitrogen and oxygen atoms in total. The van der Waals surface area contributed by atoms with Gasteiger partial charge < -0.3 is 23.8 Å². The van der Waals surface area contributed by atoms with E-state index in [9.17, 15) is 40.3 Å². The molecule has 0 saturated carbocycles. The minimum atomic E-state index is -5.07. The summed E-state index contributed by atoms with van der Waals surface area (Å²) >= 11 is 0. The van der Waals surface area contributed by atoms with Crippen LogP contribution in [0.2, 0.25) is 0 Å². The molecule has 0 spiro atoms. The molecule has 2 aromatic rings. The van der Waals surface area contributed by atoms with E-state index in [0.29, 0.717) is 6.07 Å². The van der Waals surface area contributed by atoms with Crippen molar-refractivity contribution in [3.05, 3.63) is 64.4 Å². The van der Waals surface area contributed by atoms with Crippen LogP contribution in [0.15, 0.2) is 35.5 Å². The Labute approximate surface area is 192 Å². The molecule has 0 bridgehead atoms. The van der Waals surface area contributed by atoms with Crippen molar-refractivity contribution >= 4 is 17.6 Å². The zero-order valence-corrected chi connectivity index (χ0v) is 17.8. The molecule has 35 heavy (non-hydrogen) atoms. The fourth-order valence-electron chi connectivity index (χ4n) is 3.07. The highest BCUT2D eigenvalue weighted by Gasteiger charge is 2.35. The molecule has 1 aliphatic heterocycles. The SMILES string of the molecule is COC(=O)C1=C(C(=O)OC)N(c2cc(Oc3c(F)cc(C(F)(F)F)cc3F)c(F)cc2F)COC1. The normalized spacial score (nSPS) is 14.1. The van der Waals surface area contributed by atoms with Gasteiger partial charge in [-0.15, -0.1) is 0 Å². The first kappa shape index (κ1) is 25.8. The number of alkyl halides is 3. The number of benzene rings is 2. The standard InChI is InChI=1S/C21H14F7NO6/c1-32-19(30)10-7-34-8-29(17(10)20(31)33-2)15-6-16(12(23)5-11(15)22)35-18-13(24)3-9(4-14(18)25)21(26,27)28/h3-6H,7-8H2,1-2H3. The van der Waals surface area contributed by atoms with Crippen LogP contribution in [0.25, 0.3) is 0 Å². The van der Waals surface area contributed by atoms with Gasteiger partial charge in [0.1, 0.15) is 18.2 Å². The number of rotatable bonds is 5. The van der Waals surface area contributed by atoms with Gasteiger partial charge in [0.05, 0.1) is 37.7 Å². The summed E-state index contributed by atoms with van der Waals surface area (Å²) in [6, 6.07) is 0.652. The van der Waals surface area contributed by atoms with Crippen LogP contribution in [0, 0.1) is 23.3 Å². The zero-order valence-electron chi connectivity index (χ0n) is 17.8. The second-order valence-corrected chi connectivity index (χ2v) is 6.82. The van der Waals surface area contributed by atoms with Gasteiger partial charge in [0, 0.05) is 12.1 Å². The summed E-state index contributed by atoms with van der Waals surface area (Å²) in [4.78, 5) is 25.1. The lowest BCUT2D eigenvalue weighted by molar-refractivity contribution is -0.140. The predicted octanol–water partition coefficient (Wildman–Crippen LogP) is 4.45. The van der Waals surface area contributed by atoms with Gasteiger partial charge in [0.25, 0.3) is 0 Å². The first-order valence-corrected chi connectivity index (χ1v) is 9.37. The van der Waals surface area contributed by atoms with Crippen LogP contribution >= 0.6 is 0 Å². The summed E-state index contributed by atoms with van der Waals surface area (Å²) in [6.45, 7) is -0.988. The third kappa shape index (κ3) is 5.16. The Kier molecular flexibility index (Phi) is 7.24. The Hall–Kier alpha value is -3.81. The Morgan fingerprint density at radius 2 is 1.49 bits per heavy atom. The number of carbonyl (C=O) groups is 2. The molecule has 14 heteroatoms. The largest absolute Gasteiger partial charge is 0.466 e. The number of anilines is 1. The van der Waals surface area contributed by atoms with Gasteiger partial charge >= 0.3 is 18.1 Å². The van der Waals surface area contributed by atoms with Crippen molar-refractivity contribution in [3.63, 3.8) is 0 Å². The smallest absolute Gasteiger partial charge is 0.416 e. The van der Waals surface area contributed by atoms with Gasteiger partial charge in [-0.3, -0.25) is 0 Å². The quantitative estimate of drug-likeness (QED) is 0.436. The van der Waals surface area contributed by atoms with Gasteiger partial charge in [-0.05, 0) is 12.1 Å². The van der Waals surface area contributed by atoms with Crippen LogP contribution in [-0.2, 0) is 30.0 Å². The van der Waals surface area contributed by atoms with Crippen LogP contribution < -0.4 is 9.64 Å². The molecule has 0 atom stereocenters.